The number of pyridine rings is 1. The van der Waals surface area contributed by atoms with Crippen LogP contribution in [0.2, 0.25) is 0 Å². The number of fused-ring (bicyclic) bond motifs is 2. The van der Waals surface area contributed by atoms with Crippen LogP contribution in [0.3, 0.4) is 0 Å². The van der Waals surface area contributed by atoms with Crippen LogP contribution < -0.4 is 5.32 Å². The molecule has 31 heavy (non-hydrogen) atoms. The summed E-state index contributed by atoms with van der Waals surface area (Å²) in [7, 11) is 2.18. The minimum absolute atomic E-state index is 0.348. The van der Waals surface area contributed by atoms with Crippen molar-refractivity contribution in [3.63, 3.8) is 0 Å². The van der Waals surface area contributed by atoms with Crippen LogP contribution in [0.1, 0.15) is 47.2 Å². The molecule has 0 saturated heterocycles. The molecule has 0 saturated carbocycles. The molecule has 7 nitrogen and oxygen atoms in total. The second-order valence-corrected chi connectivity index (χ2v) is 8.36. The van der Waals surface area contributed by atoms with Crippen molar-refractivity contribution >= 4 is 11.0 Å². The maximum Gasteiger partial charge on any atom is 0.121 e. The first-order valence-corrected chi connectivity index (χ1v) is 11.1. The lowest BCUT2D eigenvalue weighted by atomic mass is 9.91. The van der Waals surface area contributed by atoms with E-state index >= 15 is 0 Å². The van der Waals surface area contributed by atoms with E-state index in [1.165, 1.54) is 23.2 Å². The number of aromatic amines is 2. The third-order valence-electron chi connectivity index (χ3n) is 6.17. The van der Waals surface area contributed by atoms with Gasteiger partial charge in [-0.05, 0) is 49.6 Å². The van der Waals surface area contributed by atoms with E-state index in [-0.39, 0.29) is 0 Å². The Kier molecular flexibility index (Phi) is 5.78. The van der Waals surface area contributed by atoms with Crippen LogP contribution in [-0.2, 0) is 25.9 Å². The fourth-order valence-electron chi connectivity index (χ4n) is 4.59. The summed E-state index contributed by atoms with van der Waals surface area (Å²) in [5, 5.41) is 3.52. The lowest BCUT2D eigenvalue weighted by molar-refractivity contribution is 0.204. The fourth-order valence-corrected chi connectivity index (χ4v) is 4.59. The largest absolute Gasteiger partial charge is 0.351 e. The van der Waals surface area contributed by atoms with Crippen molar-refractivity contribution in [1.82, 2.24) is 35.1 Å². The van der Waals surface area contributed by atoms with Gasteiger partial charge in [-0.25, -0.2) is 9.97 Å². The SMILES string of the molecule is CN(Cc1nc2c(CNCCc3c[nH]cn3)cccc2[nH]1)C1CCCc2cccnc21. The Morgan fingerprint density at radius 3 is 3.06 bits per heavy atom. The molecule has 0 aliphatic heterocycles. The molecule has 0 amide bonds. The average molecular weight is 416 g/mol. The van der Waals surface area contributed by atoms with Crippen LogP contribution in [0, 0.1) is 0 Å². The highest BCUT2D eigenvalue weighted by atomic mass is 15.2. The molecule has 160 valence electrons. The van der Waals surface area contributed by atoms with Gasteiger partial charge in [-0.1, -0.05) is 18.2 Å². The maximum atomic E-state index is 4.96. The van der Waals surface area contributed by atoms with Crippen LogP contribution in [0.25, 0.3) is 11.0 Å². The Balaban J connectivity index is 1.26. The number of aryl methyl sites for hydroxylation is 1. The minimum Gasteiger partial charge on any atom is -0.351 e. The molecule has 1 aliphatic rings. The Morgan fingerprint density at radius 1 is 1.19 bits per heavy atom. The van der Waals surface area contributed by atoms with E-state index in [4.69, 9.17) is 9.97 Å². The topological polar surface area (TPSA) is 85.5 Å². The van der Waals surface area contributed by atoms with Crippen molar-refractivity contribution in [3.8, 4) is 0 Å². The zero-order valence-corrected chi connectivity index (χ0v) is 17.9. The summed E-state index contributed by atoms with van der Waals surface area (Å²) in [5.74, 6) is 1.00. The van der Waals surface area contributed by atoms with Crippen LogP contribution >= 0.6 is 0 Å². The molecule has 0 fully saturated rings. The van der Waals surface area contributed by atoms with Crippen LogP contribution in [-0.4, -0.2) is 43.4 Å². The maximum absolute atomic E-state index is 4.96. The summed E-state index contributed by atoms with van der Waals surface area (Å²) >= 11 is 0. The van der Waals surface area contributed by atoms with Crippen molar-refractivity contribution in [1.29, 1.82) is 0 Å². The molecule has 4 aromatic rings. The molecule has 1 aromatic carbocycles. The summed E-state index contributed by atoms with van der Waals surface area (Å²) in [4.78, 5) is 22.8. The van der Waals surface area contributed by atoms with E-state index in [1.807, 2.05) is 18.5 Å². The van der Waals surface area contributed by atoms with Gasteiger partial charge in [0.05, 0.1) is 41.3 Å². The Morgan fingerprint density at radius 2 is 2.16 bits per heavy atom. The molecular formula is C24H29N7. The van der Waals surface area contributed by atoms with Gasteiger partial charge < -0.3 is 15.3 Å². The lowest BCUT2D eigenvalue weighted by Crippen LogP contribution is -2.28. The summed E-state index contributed by atoms with van der Waals surface area (Å²) in [6, 6.07) is 11.0. The predicted octanol–water partition coefficient (Wildman–Crippen LogP) is 3.52. The quantitative estimate of drug-likeness (QED) is 0.383. The monoisotopic (exact) mass is 415 g/mol. The molecule has 0 spiro atoms. The normalized spacial score (nSPS) is 16.1. The molecule has 5 rings (SSSR count). The molecular weight excluding hydrogens is 386 g/mol. The highest BCUT2D eigenvalue weighted by Crippen LogP contribution is 2.32. The van der Waals surface area contributed by atoms with Gasteiger partial charge in [-0.2, -0.15) is 0 Å². The van der Waals surface area contributed by atoms with Gasteiger partial charge in [-0.15, -0.1) is 0 Å². The van der Waals surface area contributed by atoms with Gasteiger partial charge in [0.25, 0.3) is 0 Å². The first-order chi connectivity index (χ1) is 15.3. The Labute approximate surface area is 182 Å². The van der Waals surface area contributed by atoms with Crippen molar-refractivity contribution < 1.29 is 0 Å². The second-order valence-electron chi connectivity index (χ2n) is 8.36. The number of hydrogen-bond acceptors (Lipinski definition) is 5. The third-order valence-corrected chi connectivity index (χ3v) is 6.17. The van der Waals surface area contributed by atoms with Gasteiger partial charge in [0.15, 0.2) is 0 Å². The molecule has 7 heteroatoms. The van der Waals surface area contributed by atoms with Crippen molar-refractivity contribution in [3.05, 3.63) is 77.4 Å². The van der Waals surface area contributed by atoms with E-state index in [9.17, 15) is 0 Å². The van der Waals surface area contributed by atoms with Gasteiger partial charge in [0.2, 0.25) is 0 Å². The zero-order valence-electron chi connectivity index (χ0n) is 17.9. The standard InChI is InChI=1S/C24H29N7/c1-31(21-9-3-5-17-7-4-11-27-24(17)21)15-22-29-20-8-2-6-18(23(20)30-22)13-25-12-10-19-14-26-16-28-19/h2,4,6-8,11,14,16,21,25H,3,5,9-10,12-13,15H2,1H3,(H,26,28)(H,29,30). The second kappa shape index (κ2) is 8.99. The van der Waals surface area contributed by atoms with Crippen LogP contribution in [0.15, 0.2) is 49.1 Å². The molecule has 3 aromatic heterocycles. The third kappa shape index (κ3) is 4.38. The zero-order chi connectivity index (χ0) is 21.0. The summed E-state index contributed by atoms with van der Waals surface area (Å²) in [6.07, 6.45) is 9.98. The number of rotatable bonds is 8. The molecule has 1 aliphatic carbocycles. The summed E-state index contributed by atoms with van der Waals surface area (Å²) in [5.41, 5.74) is 7.06. The van der Waals surface area contributed by atoms with E-state index in [1.54, 1.807) is 6.33 Å². The van der Waals surface area contributed by atoms with E-state index in [0.29, 0.717) is 6.04 Å². The summed E-state index contributed by atoms with van der Waals surface area (Å²) < 4.78 is 0. The Bertz CT molecular complexity index is 1130. The lowest BCUT2D eigenvalue weighted by Gasteiger charge is -2.31. The molecule has 1 unspecified atom stereocenters. The van der Waals surface area contributed by atoms with Gasteiger partial charge >= 0.3 is 0 Å². The number of hydrogen-bond donors (Lipinski definition) is 3. The fraction of sp³-hybridized carbons (Fsp3) is 0.375. The number of imidazole rings is 2. The number of nitrogens with one attached hydrogen (secondary N) is 3. The molecule has 3 N–H and O–H groups in total. The smallest absolute Gasteiger partial charge is 0.121 e. The highest BCUT2D eigenvalue weighted by molar-refractivity contribution is 5.78. The highest BCUT2D eigenvalue weighted by Gasteiger charge is 2.25. The number of aromatic nitrogens is 5. The van der Waals surface area contributed by atoms with Gasteiger partial charge in [0.1, 0.15) is 5.82 Å². The first kappa shape index (κ1) is 19.9. The van der Waals surface area contributed by atoms with Gasteiger partial charge in [-0.3, -0.25) is 9.88 Å². The number of benzene rings is 1. The van der Waals surface area contributed by atoms with Crippen LogP contribution in [0.5, 0.6) is 0 Å². The minimum atomic E-state index is 0.348. The number of H-pyrrole nitrogens is 2. The average Bonchev–Trinajstić information content (AvgIpc) is 3.46. The van der Waals surface area contributed by atoms with E-state index in [0.717, 1.165) is 61.4 Å². The van der Waals surface area contributed by atoms with Crippen molar-refractivity contribution in [2.24, 2.45) is 0 Å². The Hall–Kier alpha value is -3.03. The molecule has 1 atom stereocenters. The predicted molar refractivity (Wildman–Crippen MR) is 121 cm³/mol. The number of para-hydroxylation sites is 1. The van der Waals surface area contributed by atoms with E-state index in [2.05, 4.69) is 56.5 Å². The van der Waals surface area contributed by atoms with Crippen LogP contribution in [0.4, 0.5) is 0 Å². The molecule has 0 bridgehead atoms. The summed E-state index contributed by atoms with van der Waals surface area (Å²) in [6.45, 7) is 2.46. The molecule has 0 radical (unpaired) electrons. The van der Waals surface area contributed by atoms with E-state index < -0.39 is 0 Å². The van der Waals surface area contributed by atoms with Crippen molar-refractivity contribution in [2.45, 2.75) is 44.8 Å². The first-order valence-electron chi connectivity index (χ1n) is 11.1. The number of nitrogens with zero attached hydrogens (tertiary/aromatic N) is 4. The van der Waals surface area contributed by atoms with Gasteiger partial charge in [0, 0.05) is 31.9 Å². The van der Waals surface area contributed by atoms with Crippen molar-refractivity contribution in [2.75, 3.05) is 13.6 Å². The molecule has 3 heterocycles.